The molecule has 0 saturated heterocycles. The topological polar surface area (TPSA) is 78.5 Å². The summed E-state index contributed by atoms with van der Waals surface area (Å²) in [4.78, 5) is 13.3. The van der Waals surface area contributed by atoms with Crippen LogP contribution in [0.25, 0.3) is 6.08 Å². The zero-order valence-corrected chi connectivity index (χ0v) is 15.9. The van der Waals surface area contributed by atoms with Crippen molar-refractivity contribution in [3.63, 3.8) is 0 Å². The van der Waals surface area contributed by atoms with Gasteiger partial charge in [0.1, 0.15) is 0 Å². The van der Waals surface area contributed by atoms with Crippen molar-refractivity contribution in [3.8, 4) is 0 Å². The van der Waals surface area contributed by atoms with E-state index in [4.69, 9.17) is 0 Å². The maximum Gasteiger partial charge on any atom is 0.248 e. The first-order chi connectivity index (χ1) is 11.8. The number of hydrogen-bond donors (Lipinski definition) is 2. The van der Waals surface area contributed by atoms with Crippen LogP contribution in [0.5, 0.6) is 0 Å². The molecule has 0 aliphatic rings. The molecular weight excluding hydrogens is 358 g/mol. The van der Waals surface area contributed by atoms with Gasteiger partial charge in [-0.05, 0) is 42.6 Å². The standard InChI is InChI=1S/C17H21N3O3S2/c1-4-18-15-9-8-14(25(22,23)20(2)3)12-16(15)19-17(21)10-7-13-6-5-11-24-13/h5-12,18H,4H2,1-3H3,(H,19,21)/b10-7+. The highest BCUT2D eigenvalue weighted by atomic mass is 32.2. The molecule has 0 unspecified atom stereocenters. The predicted molar refractivity (Wildman–Crippen MR) is 103 cm³/mol. The highest BCUT2D eigenvalue weighted by Gasteiger charge is 2.19. The lowest BCUT2D eigenvalue weighted by atomic mass is 10.2. The molecule has 1 aromatic heterocycles. The van der Waals surface area contributed by atoms with Gasteiger partial charge in [-0.1, -0.05) is 6.07 Å². The van der Waals surface area contributed by atoms with Crippen molar-refractivity contribution in [3.05, 3.63) is 46.7 Å². The van der Waals surface area contributed by atoms with E-state index in [2.05, 4.69) is 10.6 Å². The van der Waals surface area contributed by atoms with Gasteiger partial charge in [0.05, 0.1) is 16.3 Å². The number of nitrogens with one attached hydrogen (secondary N) is 2. The molecule has 0 aliphatic heterocycles. The maximum absolute atomic E-state index is 12.3. The highest BCUT2D eigenvalue weighted by Crippen LogP contribution is 2.26. The van der Waals surface area contributed by atoms with Gasteiger partial charge in [0, 0.05) is 31.6 Å². The van der Waals surface area contributed by atoms with E-state index in [0.29, 0.717) is 17.9 Å². The first-order valence-electron chi connectivity index (χ1n) is 7.67. The molecule has 0 spiro atoms. The predicted octanol–water partition coefficient (Wildman–Crippen LogP) is 3.08. The van der Waals surface area contributed by atoms with Gasteiger partial charge in [-0.25, -0.2) is 12.7 Å². The molecule has 2 rings (SSSR count). The molecule has 0 radical (unpaired) electrons. The molecule has 1 aromatic carbocycles. The fourth-order valence-corrected chi connectivity index (χ4v) is 3.61. The first-order valence-corrected chi connectivity index (χ1v) is 9.99. The molecule has 1 heterocycles. The number of anilines is 2. The minimum Gasteiger partial charge on any atom is -0.384 e. The van der Waals surface area contributed by atoms with Gasteiger partial charge in [-0.2, -0.15) is 0 Å². The van der Waals surface area contributed by atoms with Crippen LogP contribution in [0.15, 0.2) is 46.7 Å². The van der Waals surface area contributed by atoms with E-state index in [-0.39, 0.29) is 10.8 Å². The second kappa shape index (κ2) is 8.28. The summed E-state index contributed by atoms with van der Waals surface area (Å²) in [5.74, 6) is -0.327. The van der Waals surface area contributed by atoms with E-state index in [9.17, 15) is 13.2 Å². The largest absolute Gasteiger partial charge is 0.384 e. The molecule has 0 atom stereocenters. The van der Waals surface area contributed by atoms with E-state index in [1.165, 1.54) is 43.6 Å². The fraction of sp³-hybridized carbons (Fsp3) is 0.235. The Kier molecular flexibility index (Phi) is 6.35. The van der Waals surface area contributed by atoms with E-state index < -0.39 is 10.0 Å². The third-order valence-corrected chi connectivity index (χ3v) is 5.99. The summed E-state index contributed by atoms with van der Waals surface area (Å²) >= 11 is 1.53. The van der Waals surface area contributed by atoms with Crippen molar-refractivity contribution in [2.75, 3.05) is 31.3 Å². The van der Waals surface area contributed by atoms with Crippen molar-refractivity contribution in [1.82, 2.24) is 4.31 Å². The van der Waals surface area contributed by atoms with Gasteiger partial charge in [0.25, 0.3) is 0 Å². The Labute approximate surface area is 152 Å². The minimum atomic E-state index is -3.58. The molecule has 25 heavy (non-hydrogen) atoms. The number of amides is 1. The number of carbonyl (C=O) groups is 1. The van der Waals surface area contributed by atoms with Crippen molar-refractivity contribution in [2.24, 2.45) is 0 Å². The van der Waals surface area contributed by atoms with E-state index >= 15 is 0 Å². The fourth-order valence-electron chi connectivity index (χ4n) is 2.06. The van der Waals surface area contributed by atoms with Gasteiger partial charge in [-0.3, -0.25) is 4.79 Å². The Balaban J connectivity index is 2.28. The normalized spacial score (nSPS) is 11.8. The Hall–Kier alpha value is -2.16. The third-order valence-electron chi connectivity index (χ3n) is 3.34. The number of hydrogen-bond acceptors (Lipinski definition) is 5. The summed E-state index contributed by atoms with van der Waals surface area (Å²) in [6.07, 6.45) is 3.14. The molecule has 0 bridgehead atoms. The summed E-state index contributed by atoms with van der Waals surface area (Å²) in [7, 11) is -0.641. The van der Waals surface area contributed by atoms with Crippen LogP contribution in [-0.2, 0) is 14.8 Å². The smallest absolute Gasteiger partial charge is 0.248 e. The molecule has 134 valence electrons. The van der Waals surface area contributed by atoms with Crippen molar-refractivity contribution in [2.45, 2.75) is 11.8 Å². The van der Waals surface area contributed by atoms with Gasteiger partial charge < -0.3 is 10.6 Å². The van der Waals surface area contributed by atoms with Crippen LogP contribution in [0.3, 0.4) is 0 Å². The van der Waals surface area contributed by atoms with Crippen molar-refractivity contribution in [1.29, 1.82) is 0 Å². The zero-order valence-electron chi connectivity index (χ0n) is 14.3. The Morgan fingerprint density at radius 3 is 2.60 bits per heavy atom. The number of benzene rings is 1. The Morgan fingerprint density at radius 1 is 1.24 bits per heavy atom. The van der Waals surface area contributed by atoms with Crippen molar-refractivity contribution >= 4 is 44.7 Å². The molecule has 0 fully saturated rings. The minimum absolute atomic E-state index is 0.122. The summed E-state index contributed by atoms with van der Waals surface area (Å²) in [5, 5.41) is 7.78. The maximum atomic E-state index is 12.3. The van der Waals surface area contributed by atoms with E-state index in [1.54, 1.807) is 12.1 Å². The van der Waals surface area contributed by atoms with Gasteiger partial charge in [-0.15, -0.1) is 11.3 Å². The van der Waals surface area contributed by atoms with Crippen molar-refractivity contribution < 1.29 is 13.2 Å². The number of carbonyl (C=O) groups excluding carboxylic acids is 1. The number of thiophene rings is 1. The third kappa shape index (κ3) is 4.91. The summed E-state index contributed by atoms with van der Waals surface area (Å²) in [6.45, 7) is 2.57. The molecule has 2 aromatic rings. The highest BCUT2D eigenvalue weighted by molar-refractivity contribution is 7.89. The van der Waals surface area contributed by atoms with Crippen LogP contribution in [-0.4, -0.2) is 39.3 Å². The molecule has 1 amide bonds. The van der Waals surface area contributed by atoms with Crippen LogP contribution in [0.1, 0.15) is 11.8 Å². The van der Waals surface area contributed by atoms with E-state index in [0.717, 1.165) is 9.18 Å². The monoisotopic (exact) mass is 379 g/mol. The van der Waals surface area contributed by atoms with E-state index in [1.807, 2.05) is 24.4 Å². The Bertz CT molecular complexity index is 857. The zero-order chi connectivity index (χ0) is 18.4. The number of rotatable bonds is 7. The summed E-state index contributed by atoms with van der Waals surface area (Å²) in [6, 6.07) is 8.44. The van der Waals surface area contributed by atoms with Crippen LogP contribution in [0.4, 0.5) is 11.4 Å². The van der Waals surface area contributed by atoms with Crippen LogP contribution in [0.2, 0.25) is 0 Å². The van der Waals surface area contributed by atoms with Gasteiger partial charge in [0.2, 0.25) is 15.9 Å². The molecule has 0 saturated carbocycles. The molecule has 2 N–H and O–H groups in total. The first kappa shape index (κ1) is 19.2. The SMILES string of the molecule is CCNc1ccc(S(=O)(=O)N(C)C)cc1NC(=O)/C=C/c1cccs1. The number of nitrogens with zero attached hydrogens (tertiary/aromatic N) is 1. The second-order valence-electron chi connectivity index (χ2n) is 5.36. The molecular formula is C17H21N3O3S2. The van der Waals surface area contributed by atoms with Gasteiger partial charge in [0.15, 0.2) is 0 Å². The lowest BCUT2D eigenvalue weighted by Crippen LogP contribution is -2.22. The quantitative estimate of drug-likeness (QED) is 0.725. The van der Waals surface area contributed by atoms with Crippen LogP contribution in [0, 0.1) is 0 Å². The van der Waals surface area contributed by atoms with Crippen LogP contribution < -0.4 is 10.6 Å². The summed E-state index contributed by atoms with van der Waals surface area (Å²) < 4.78 is 25.7. The second-order valence-corrected chi connectivity index (χ2v) is 8.49. The molecule has 8 heteroatoms. The summed E-state index contributed by atoms with van der Waals surface area (Å²) in [5.41, 5.74) is 1.09. The molecule has 6 nitrogen and oxygen atoms in total. The number of sulfonamides is 1. The lowest BCUT2D eigenvalue weighted by molar-refractivity contribution is -0.111. The average molecular weight is 380 g/mol. The van der Waals surface area contributed by atoms with Gasteiger partial charge >= 0.3 is 0 Å². The van der Waals surface area contributed by atoms with Crippen LogP contribution >= 0.6 is 11.3 Å². The lowest BCUT2D eigenvalue weighted by Gasteiger charge is -2.16. The average Bonchev–Trinajstić information content (AvgIpc) is 3.08. The molecule has 0 aliphatic carbocycles. The Morgan fingerprint density at radius 2 is 2.00 bits per heavy atom.